The van der Waals surface area contributed by atoms with Crippen LogP contribution in [0.2, 0.25) is 0 Å². The fourth-order valence-corrected chi connectivity index (χ4v) is 2.25. The maximum absolute atomic E-state index is 12.0. The Morgan fingerprint density at radius 3 is 2.46 bits per heavy atom. The summed E-state index contributed by atoms with van der Waals surface area (Å²) < 4.78 is 0. The number of nitrogens with one attached hydrogen (secondary N) is 2. The van der Waals surface area contributed by atoms with E-state index in [9.17, 15) is 14.7 Å². The number of hydrogen-bond donors (Lipinski definition) is 4. The molecule has 0 saturated heterocycles. The molecule has 1 aromatic rings. The van der Waals surface area contributed by atoms with E-state index >= 15 is 0 Å². The van der Waals surface area contributed by atoms with Gasteiger partial charge < -0.3 is 20.8 Å². The zero-order chi connectivity index (χ0) is 18.0. The van der Waals surface area contributed by atoms with E-state index in [0.29, 0.717) is 25.8 Å². The number of benzene rings is 1. The molecule has 0 saturated carbocycles. The number of rotatable bonds is 10. The Hall–Kier alpha value is -2.08. The lowest BCUT2D eigenvalue weighted by Gasteiger charge is -2.22. The van der Waals surface area contributed by atoms with Gasteiger partial charge in [-0.05, 0) is 30.2 Å². The molecule has 0 aliphatic carbocycles. The van der Waals surface area contributed by atoms with Gasteiger partial charge in [0.05, 0.1) is 0 Å². The number of carboxylic acids is 1. The molecular weight excluding hydrogens is 308 g/mol. The van der Waals surface area contributed by atoms with E-state index < -0.39 is 5.97 Å². The van der Waals surface area contributed by atoms with Gasteiger partial charge in [-0.2, -0.15) is 0 Å². The van der Waals surface area contributed by atoms with Gasteiger partial charge in [0.2, 0.25) is 0 Å². The van der Waals surface area contributed by atoms with E-state index in [4.69, 9.17) is 5.11 Å². The van der Waals surface area contributed by atoms with Crippen LogP contribution < -0.4 is 10.6 Å². The second-order valence-corrected chi connectivity index (χ2v) is 6.79. The first kappa shape index (κ1) is 20.0. The van der Waals surface area contributed by atoms with E-state index in [2.05, 4.69) is 10.6 Å². The minimum atomic E-state index is -0.875. The Balaban J connectivity index is 2.50. The third-order valence-corrected chi connectivity index (χ3v) is 3.88. The third-order valence-electron chi connectivity index (χ3n) is 3.88. The van der Waals surface area contributed by atoms with Crippen LogP contribution in [0.25, 0.3) is 0 Å². The standard InChI is InChI=1S/C18H28N2O4/c1-18(2,13-21)10-11-19-17(24)20-15(8-9-16(22)23)12-14-6-4-3-5-7-14/h3-7,15,21H,8-13H2,1-2H3,(H,22,23)(H2,19,20,24). The van der Waals surface area contributed by atoms with Crippen LogP contribution in [0.1, 0.15) is 38.7 Å². The summed E-state index contributed by atoms with van der Waals surface area (Å²) in [4.78, 5) is 22.8. The van der Waals surface area contributed by atoms with Gasteiger partial charge in [-0.25, -0.2) is 4.79 Å². The first-order valence-electron chi connectivity index (χ1n) is 8.23. The number of aliphatic hydroxyl groups excluding tert-OH is 1. The zero-order valence-electron chi connectivity index (χ0n) is 14.4. The molecule has 0 aliphatic heterocycles. The SMILES string of the molecule is CC(C)(CO)CCNC(=O)NC(CCC(=O)O)Cc1ccccc1. The first-order chi connectivity index (χ1) is 11.3. The van der Waals surface area contributed by atoms with Gasteiger partial charge in [-0.1, -0.05) is 44.2 Å². The Morgan fingerprint density at radius 1 is 1.21 bits per heavy atom. The van der Waals surface area contributed by atoms with Gasteiger partial charge in [0.15, 0.2) is 0 Å². The normalized spacial score (nSPS) is 12.5. The molecule has 0 aliphatic rings. The number of amides is 2. The summed E-state index contributed by atoms with van der Waals surface area (Å²) in [6.07, 6.45) is 1.63. The number of aliphatic carboxylic acids is 1. The lowest BCUT2D eigenvalue weighted by atomic mass is 9.91. The summed E-state index contributed by atoms with van der Waals surface area (Å²) in [6.45, 7) is 4.37. The smallest absolute Gasteiger partial charge is 0.315 e. The van der Waals surface area contributed by atoms with Crippen molar-refractivity contribution in [1.82, 2.24) is 10.6 Å². The molecule has 24 heavy (non-hydrogen) atoms. The van der Waals surface area contributed by atoms with Crippen molar-refractivity contribution in [3.8, 4) is 0 Å². The number of hydrogen-bond acceptors (Lipinski definition) is 3. The van der Waals surface area contributed by atoms with Crippen molar-refractivity contribution in [1.29, 1.82) is 0 Å². The van der Waals surface area contributed by atoms with Crippen molar-refractivity contribution in [3.63, 3.8) is 0 Å². The summed E-state index contributed by atoms with van der Waals surface area (Å²) in [6, 6.07) is 9.11. The van der Waals surface area contributed by atoms with Crippen molar-refractivity contribution >= 4 is 12.0 Å². The molecule has 6 heteroatoms. The molecule has 0 bridgehead atoms. The second-order valence-electron chi connectivity index (χ2n) is 6.79. The number of aliphatic hydroxyl groups is 1. The quantitative estimate of drug-likeness (QED) is 0.526. The van der Waals surface area contributed by atoms with Crippen molar-refractivity contribution in [3.05, 3.63) is 35.9 Å². The molecule has 0 heterocycles. The summed E-state index contributed by atoms with van der Waals surface area (Å²) in [7, 11) is 0. The summed E-state index contributed by atoms with van der Waals surface area (Å²) >= 11 is 0. The maximum Gasteiger partial charge on any atom is 0.315 e. The molecule has 134 valence electrons. The Kier molecular flexibility index (Phi) is 8.26. The lowest BCUT2D eigenvalue weighted by Crippen LogP contribution is -2.44. The van der Waals surface area contributed by atoms with E-state index in [1.165, 1.54) is 0 Å². The summed E-state index contributed by atoms with van der Waals surface area (Å²) in [5, 5.41) is 23.7. The maximum atomic E-state index is 12.0. The molecule has 0 fully saturated rings. The van der Waals surface area contributed by atoms with Crippen molar-refractivity contribution in [2.75, 3.05) is 13.2 Å². The van der Waals surface area contributed by atoms with Crippen LogP contribution in [-0.2, 0) is 11.2 Å². The van der Waals surface area contributed by atoms with Gasteiger partial charge in [0.1, 0.15) is 0 Å². The fourth-order valence-electron chi connectivity index (χ4n) is 2.25. The molecule has 2 amide bonds. The number of carboxylic acid groups (broad SMARTS) is 1. The van der Waals surface area contributed by atoms with Crippen molar-refractivity contribution < 1.29 is 19.8 Å². The lowest BCUT2D eigenvalue weighted by molar-refractivity contribution is -0.137. The molecule has 6 nitrogen and oxygen atoms in total. The molecule has 0 aromatic heterocycles. The Morgan fingerprint density at radius 2 is 1.88 bits per heavy atom. The van der Waals surface area contributed by atoms with Gasteiger partial charge in [-0.3, -0.25) is 4.79 Å². The highest BCUT2D eigenvalue weighted by atomic mass is 16.4. The topological polar surface area (TPSA) is 98.7 Å². The average molecular weight is 336 g/mol. The molecule has 1 aromatic carbocycles. The second kappa shape index (κ2) is 9.93. The minimum Gasteiger partial charge on any atom is -0.481 e. The highest BCUT2D eigenvalue weighted by Gasteiger charge is 2.18. The molecule has 4 N–H and O–H groups in total. The predicted octanol–water partition coefficient (Wildman–Crippen LogP) is 2.17. The van der Waals surface area contributed by atoms with E-state index in [1.54, 1.807) is 0 Å². The van der Waals surface area contributed by atoms with Crippen LogP contribution >= 0.6 is 0 Å². The van der Waals surface area contributed by atoms with E-state index in [-0.39, 0.29) is 30.5 Å². The van der Waals surface area contributed by atoms with Crippen molar-refractivity contribution in [2.24, 2.45) is 5.41 Å². The number of urea groups is 1. The highest BCUT2D eigenvalue weighted by molar-refractivity contribution is 5.74. The van der Waals surface area contributed by atoms with Crippen LogP contribution in [0.15, 0.2) is 30.3 Å². The molecular formula is C18H28N2O4. The van der Waals surface area contributed by atoms with E-state index in [1.807, 2.05) is 44.2 Å². The van der Waals surface area contributed by atoms with Crippen LogP contribution in [0.4, 0.5) is 4.79 Å². The molecule has 0 spiro atoms. The van der Waals surface area contributed by atoms with Crippen molar-refractivity contribution in [2.45, 2.75) is 45.6 Å². The third kappa shape index (κ3) is 8.53. The number of carbonyl (C=O) groups excluding carboxylic acids is 1. The molecule has 1 atom stereocenters. The van der Waals surface area contributed by atoms with Gasteiger partial charge in [-0.15, -0.1) is 0 Å². The van der Waals surface area contributed by atoms with Crippen LogP contribution in [-0.4, -0.2) is 41.4 Å². The first-order valence-corrected chi connectivity index (χ1v) is 8.23. The Bertz CT molecular complexity index is 517. The van der Waals surface area contributed by atoms with Gasteiger partial charge >= 0.3 is 12.0 Å². The highest BCUT2D eigenvalue weighted by Crippen LogP contribution is 2.17. The van der Waals surface area contributed by atoms with Crippen LogP contribution in [0.3, 0.4) is 0 Å². The van der Waals surface area contributed by atoms with Crippen LogP contribution in [0, 0.1) is 5.41 Å². The fraction of sp³-hybridized carbons (Fsp3) is 0.556. The average Bonchev–Trinajstić information content (AvgIpc) is 2.53. The van der Waals surface area contributed by atoms with Crippen LogP contribution in [0.5, 0.6) is 0 Å². The monoisotopic (exact) mass is 336 g/mol. The number of carbonyl (C=O) groups is 2. The van der Waals surface area contributed by atoms with Gasteiger partial charge in [0.25, 0.3) is 0 Å². The molecule has 1 unspecified atom stereocenters. The summed E-state index contributed by atoms with van der Waals surface area (Å²) in [5.74, 6) is -0.875. The molecule has 1 rings (SSSR count). The minimum absolute atomic E-state index is 0.00925. The molecule has 0 radical (unpaired) electrons. The van der Waals surface area contributed by atoms with E-state index in [0.717, 1.165) is 5.56 Å². The van der Waals surface area contributed by atoms with Gasteiger partial charge in [0, 0.05) is 25.6 Å². The predicted molar refractivity (Wildman–Crippen MR) is 92.8 cm³/mol. The zero-order valence-corrected chi connectivity index (χ0v) is 14.4. The largest absolute Gasteiger partial charge is 0.481 e. The summed E-state index contributed by atoms with van der Waals surface area (Å²) in [5.41, 5.74) is 0.814. The Labute approximate surface area is 143 Å².